The Bertz CT molecular complexity index is 218. The van der Waals surface area contributed by atoms with Gasteiger partial charge in [0.1, 0.15) is 6.54 Å². The lowest BCUT2D eigenvalue weighted by molar-refractivity contribution is 0.537. The van der Waals surface area contributed by atoms with Crippen molar-refractivity contribution in [2.24, 2.45) is 11.1 Å². The molecule has 0 heterocycles. The van der Waals surface area contributed by atoms with E-state index in [0.717, 1.165) is 19.3 Å². The highest BCUT2D eigenvalue weighted by molar-refractivity contribution is 5.13. The number of rotatable bonds is 3. The molecule has 1 unspecified atom stereocenters. The maximum atomic E-state index is 9.98. The van der Waals surface area contributed by atoms with Crippen LogP contribution in [0.5, 0.6) is 0 Å². The molecule has 0 bridgehead atoms. The quantitative estimate of drug-likeness (QED) is 0.467. The molecule has 0 aromatic carbocycles. The zero-order valence-corrected chi connectivity index (χ0v) is 7.55. The second kappa shape index (κ2) is 4.19. The summed E-state index contributed by atoms with van der Waals surface area (Å²) >= 11 is 0. The van der Waals surface area contributed by atoms with E-state index in [9.17, 15) is 4.91 Å². The van der Waals surface area contributed by atoms with Gasteiger partial charge >= 0.3 is 0 Å². The van der Waals surface area contributed by atoms with Crippen molar-refractivity contribution >= 4 is 0 Å². The highest BCUT2D eigenvalue weighted by Gasteiger charge is 2.14. The molecule has 0 saturated heterocycles. The molecule has 0 aliphatic heterocycles. The molecule has 0 fully saturated rings. The van der Waals surface area contributed by atoms with E-state index < -0.39 is 0 Å². The predicted molar refractivity (Wildman–Crippen MR) is 50.9 cm³/mol. The maximum Gasteiger partial charge on any atom is 0.102 e. The Labute approximate surface area is 73.3 Å². The van der Waals surface area contributed by atoms with Gasteiger partial charge in [-0.1, -0.05) is 23.4 Å². The number of hydrogen-bond donors (Lipinski definition) is 0. The van der Waals surface area contributed by atoms with Crippen molar-refractivity contribution in [3.05, 3.63) is 28.7 Å². The van der Waals surface area contributed by atoms with Gasteiger partial charge in [0.25, 0.3) is 0 Å². The second-order valence-corrected chi connectivity index (χ2v) is 3.47. The lowest BCUT2D eigenvalue weighted by atomic mass is 9.86. The molecule has 66 valence electrons. The fourth-order valence-electron chi connectivity index (χ4n) is 1.56. The summed E-state index contributed by atoms with van der Waals surface area (Å²) in [4.78, 5) is 9.98. The number of nitrogens with zero attached hydrogens (tertiary/aromatic N) is 1. The highest BCUT2D eigenvalue weighted by Crippen LogP contribution is 2.27. The molecule has 0 spiro atoms. The van der Waals surface area contributed by atoms with Crippen LogP contribution in [0.3, 0.4) is 0 Å². The van der Waals surface area contributed by atoms with E-state index in [-0.39, 0.29) is 0 Å². The molecule has 1 aliphatic carbocycles. The Kier molecular flexibility index (Phi) is 3.20. The van der Waals surface area contributed by atoms with Crippen LogP contribution in [0.15, 0.2) is 29.0 Å². The summed E-state index contributed by atoms with van der Waals surface area (Å²) in [5, 5.41) is 2.89. The molecule has 0 aromatic heterocycles. The third kappa shape index (κ3) is 2.29. The first-order chi connectivity index (χ1) is 5.74. The van der Waals surface area contributed by atoms with Gasteiger partial charge in [0, 0.05) is 0 Å². The fraction of sp³-hybridized carbons (Fsp3) is 0.600. The van der Waals surface area contributed by atoms with Gasteiger partial charge in [-0.3, -0.25) is 0 Å². The Morgan fingerprint density at radius 1 is 1.83 bits per heavy atom. The Morgan fingerprint density at radius 3 is 3.00 bits per heavy atom. The van der Waals surface area contributed by atoms with Gasteiger partial charge in [-0.15, -0.1) is 0 Å². The topological polar surface area (TPSA) is 29.4 Å². The minimum Gasteiger partial charge on any atom is -0.150 e. The van der Waals surface area contributed by atoms with Crippen LogP contribution in [-0.2, 0) is 0 Å². The summed E-state index contributed by atoms with van der Waals surface area (Å²) in [6, 6.07) is 0. The number of nitroso groups, excluding NO2 is 1. The van der Waals surface area contributed by atoms with Crippen LogP contribution in [0.2, 0.25) is 0 Å². The summed E-state index contributed by atoms with van der Waals surface area (Å²) < 4.78 is 0. The monoisotopic (exact) mass is 165 g/mol. The average Bonchev–Trinajstić information content (AvgIpc) is 2.06. The van der Waals surface area contributed by atoms with E-state index in [4.69, 9.17) is 0 Å². The van der Waals surface area contributed by atoms with E-state index >= 15 is 0 Å². The third-order valence-corrected chi connectivity index (χ3v) is 2.47. The average molecular weight is 165 g/mol. The fourth-order valence-corrected chi connectivity index (χ4v) is 1.56. The first-order valence-corrected chi connectivity index (χ1v) is 4.36. The van der Waals surface area contributed by atoms with Crippen LogP contribution in [-0.4, -0.2) is 6.54 Å². The van der Waals surface area contributed by atoms with Gasteiger partial charge in [0.15, 0.2) is 0 Å². The summed E-state index contributed by atoms with van der Waals surface area (Å²) in [6.45, 7) is 6.38. The van der Waals surface area contributed by atoms with Crippen molar-refractivity contribution < 1.29 is 0 Å². The van der Waals surface area contributed by atoms with Crippen LogP contribution in [0.1, 0.15) is 26.2 Å². The molecule has 1 atom stereocenters. The minimum absolute atomic E-state index is 0.378. The molecule has 0 radical (unpaired) electrons. The molecular formula is C10H15NO. The Balaban J connectivity index is 2.47. The molecule has 12 heavy (non-hydrogen) atoms. The van der Waals surface area contributed by atoms with Crippen molar-refractivity contribution in [2.45, 2.75) is 26.2 Å². The van der Waals surface area contributed by atoms with E-state index in [1.807, 2.05) is 0 Å². The molecule has 0 amide bonds. The third-order valence-electron chi connectivity index (χ3n) is 2.47. The van der Waals surface area contributed by atoms with Gasteiger partial charge in [0.2, 0.25) is 0 Å². The lowest BCUT2D eigenvalue weighted by Crippen LogP contribution is -2.07. The van der Waals surface area contributed by atoms with Crippen molar-refractivity contribution in [3.63, 3.8) is 0 Å². The van der Waals surface area contributed by atoms with Gasteiger partial charge in [-0.25, -0.2) is 0 Å². The Hall–Kier alpha value is -0.920. The molecule has 0 aromatic rings. The van der Waals surface area contributed by atoms with Crippen LogP contribution in [0.25, 0.3) is 0 Å². The SMILES string of the molecule is C=C(C)C1CC=C(CN=O)CC1. The van der Waals surface area contributed by atoms with Crippen LogP contribution in [0.4, 0.5) is 0 Å². The zero-order chi connectivity index (χ0) is 8.97. The smallest absolute Gasteiger partial charge is 0.102 e. The van der Waals surface area contributed by atoms with Crippen molar-refractivity contribution in [1.29, 1.82) is 0 Å². The van der Waals surface area contributed by atoms with Crippen molar-refractivity contribution in [2.75, 3.05) is 6.54 Å². The highest BCUT2D eigenvalue weighted by atomic mass is 16.3. The second-order valence-electron chi connectivity index (χ2n) is 3.47. The largest absolute Gasteiger partial charge is 0.150 e. The van der Waals surface area contributed by atoms with Gasteiger partial charge in [-0.2, -0.15) is 4.91 Å². The van der Waals surface area contributed by atoms with Gasteiger partial charge in [0.05, 0.1) is 0 Å². The number of hydrogen-bond acceptors (Lipinski definition) is 2. The molecule has 0 N–H and O–H groups in total. The minimum atomic E-state index is 0.378. The molecule has 0 saturated carbocycles. The van der Waals surface area contributed by atoms with Gasteiger partial charge < -0.3 is 0 Å². The normalized spacial score (nSPS) is 23.1. The van der Waals surface area contributed by atoms with E-state index in [1.165, 1.54) is 11.1 Å². The van der Waals surface area contributed by atoms with Crippen LogP contribution >= 0.6 is 0 Å². The predicted octanol–water partition coefficient (Wildman–Crippen LogP) is 3.06. The van der Waals surface area contributed by atoms with Crippen molar-refractivity contribution in [3.8, 4) is 0 Å². The first kappa shape index (κ1) is 9.17. The van der Waals surface area contributed by atoms with E-state index in [0.29, 0.717) is 12.5 Å². The van der Waals surface area contributed by atoms with Gasteiger partial charge in [-0.05, 0) is 37.7 Å². The summed E-state index contributed by atoms with van der Waals surface area (Å²) in [6.07, 6.45) is 5.34. The van der Waals surface area contributed by atoms with E-state index in [1.54, 1.807) is 0 Å². The molecule has 2 heteroatoms. The Morgan fingerprint density at radius 2 is 2.58 bits per heavy atom. The standard InChI is InChI=1S/C10H15NO/c1-8(2)10-5-3-9(4-6-10)7-11-12/h3,10H,1,4-7H2,2H3. The summed E-state index contributed by atoms with van der Waals surface area (Å²) in [7, 11) is 0. The van der Waals surface area contributed by atoms with Crippen LogP contribution < -0.4 is 0 Å². The van der Waals surface area contributed by atoms with Crippen LogP contribution in [0, 0.1) is 10.8 Å². The molecular weight excluding hydrogens is 150 g/mol. The molecule has 2 nitrogen and oxygen atoms in total. The maximum absolute atomic E-state index is 9.98. The molecule has 1 aliphatic rings. The zero-order valence-electron chi connectivity index (χ0n) is 7.55. The molecule has 1 rings (SSSR count). The first-order valence-electron chi connectivity index (χ1n) is 4.36. The summed E-state index contributed by atoms with van der Waals surface area (Å²) in [5.74, 6) is 0.625. The van der Waals surface area contributed by atoms with Crippen molar-refractivity contribution in [1.82, 2.24) is 0 Å². The lowest BCUT2D eigenvalue weighted by Gasteiger charge is -2.20. The van der Waals surface area contributed by atoms with E-state index in [2.05, 4.69) is 24.8 Å². The number of allylic oxidation sites excluding steroid dienone is 2. The summed E-state index contributed by atoms with van der Waals surface area (Å²) in [5.41, 5.74) is 2.45.